The summed E-state index contributed by atoms with van der Waals surface area (Å²) in [6, 6.07) is 16.8. The number of amides is 1. The number of methoxy groups -OCH3 is 2. The van der Waals surface area contributed by atoms with Gasteiger partial charge in [-0.3, -0.25) is 9.78 Å². The van der Waals surface area contributed by atoms with Crippen LogP contribution in [0.3, 0.4) is 0 Å². The molecule has 1 heterocycles. The molecule has 3 rings (SSSR count). The molecule has 0 N–H and O–H groups in total. The molecule has 0 unspecified atom stereocenters. The van der Waals surface area contributed by atoms with Crippen molar-refractivity contribution in [3.05, 3.63) is 94.8 Å². The van der Waals surface area contributed by atoms with Crippen molar-refractivity contribution in [2.45, 2.75) is 13.1 Å². The smallest absolute Gasteiger partial charge is 0.247 e. The standard InChI is InChI=1S/C24H23ClN2O3/c1-29-22-11-9-18(14-23(22)30-2)16-27(17-19-6-5-13-26-15-19)24(28)12-10-20-7-3-4-8-21(20)25/h3-15H,16-17H2,1-2H3. The van der Waals surface area contributed by atoms with E-state index in [1.807, 2.05) is 48.5 Å². The van der Waals surface area contributed by atoms with Crippen LogP contribution < -0.4 is 9.47 Å². The summed E-state index contributed by atoms with van der Waals surface area (Å²) >= 11 is 6.20. The van der Waals surface area contributed by atoms with Gasteiger partial charge in [0.25, 0.3) is 0 Å². The zero-order valence-electron chi connectivity index (χ0n) is 16.9. The van der Waals surface area contributed by atoms with Gasteiger partial charge in [0.2, 0.25) is 5.91 Å². The van der Waals surface area contributed by atoms with E-state index in [0.29, 0.717) is 29.6 Å². The Balaban J connectivity index is 1.84. The fourth-order valence-corrected chi connectivity index (χ4v) is 3.20. The molecule has 3 aromatic rings. The molecule has 0 saturated heterocycles. The second-order valence-corrected chi connectivity index (χ2v) is 7.01. The van der Waals surface area contributed by atoms with E-state index in [4.69, 9.17) is 21.1 Å². The third-order valence-electron chi connectivity index (χ3n) is 4.54. The first kappa shape index (κ1) is 21.4. The van der Waals surface area contributed by atoms with Crippen LogP contribution in [0.5, 0.6) is 11.5 Å². The van der Waals surface area contributed by atoms with Crippen molar-refractivity contribution >= 4 is 23.6 Å². The highest BCUT2D eigenvalue weighted by atomic mass is 35.5. The molecule has 0 aliphatic rings. The van der Waals surface area contributed by atoms with Gasteiger partial charge in [-0.1, -0.05) is 41.9 Å². The normalized spacial score (nSPS) is 10.8. The number of carbonyl (C=O) groups is 1. The number of halogens is 1. The van der Waals surface area contributed by atoms with Gasteiger partial charge < -0.3 is 14.4 Å². The number of benzene rings is 2. The Morgan fingerprint density at radius 1 is 1.00 bits per heavy atom. The topological polar surface area (TPSA) is 51.7 Å². The molecule has 5 nitrogen and oxygen atoms in total. The van der Waals surface area contributed by atoms with E-state index in [1.165, 1.54) is 0 Å². The lowest BCUT2D eigenvalue weighted by Crippen LogP contribution is -2.28. The first-order valence-corrected chi connectivity index (χ1v) is 9.80. The number of hydrogen-bond acceptors (Lipinski definition) is 4. The Hall–Kier alpha value is -3.31. The van der Waals surface area contributed by atoms with E-state index in [0.717, 1.165) is 16.7 Å². The SMILES string of the molecule is COc1ccc(CN(Cc2cccnc2)C(=O)C=Cc2ccccc2Cl)cc1OC. The Labute approximate surface area is 181 Å². The minimum atomic E-state index is -0.131. The highest BCUT2D eigenvalue weighted by Gasteiger charge is 2.14. The molecule has 0 saturated carbocycles. The second kappa shape index (κ2) is 10.5. The number of hydrogen-bond donors (Lipinski definition) is 0. The van der Waals surface area contributed by atoms with Crippen LogP contribution in [0.15, 0.2) is 73.1 Å². The first-order chi connectivity index (χ1) is 14.6. The minimum Gasteiger partial charge on any atom is -0.493 e. The fraction of sp³-hybridized carbons (Fsp3) is 0.167. The van der Waals surface area contributed by atoms with Gasteiger partial charge in [0.15, 0.2) is 11.5 Å². The van der Waals surface area contributed by atoms with Crippen molar-refractivity contribution in [1.82, 2.24) is 9.88 Å². The van der Waals surface area contributed by atoms with E-state index in [2.05, 4.69) is 4.98 Å². The van der Waals surface area contributed by atoms with E-state index in [9.17, 15) is 4.79 Å². The summed E-state index contributed by atoms with van der Waals surface area (Å²) in [7, 11) is 3.18. The van der Waals surface area contributed by atoms with Gasteiger partial charge in [-0.05, 0) is 47.0 Å². The quantitative estimate of drug-likeness (QED) is 0.479. The van der Waals surface area contributed by atoms with Gasteiger partial charge >= 0.3 is 0 Å². The monoisotopic (exact) mass is 422 g/mol. The molecule has 0 bridgehead atoms. The van der Waals surface area contributed by atoms with Gasteiger partial charge in [0.05, 0.1) is 14.2 Å². The Kier molecular flexibility index (Phi) is 7.46. The summed E-state index contributed by atoms with van der Waals surface area (Å²) in [5, 5.41) is 0.597. The number of carbonyl (C=O) groups excluding carboxylic acids is 1. The summed E-state index contributed by atoms with van der Waals surface area (Å²) < 4.78 is 10.7. The van der Waals surface area contributed by atoms with Crippen molar-refractivity contribution in [3.8, 4) is 11.5 Å². The zero-order valence-corrected chi connectivity index (χ0v) is 17.7. The third-order valence-corrected chi connectivity index (χ3v) is 4.88. The van der Waals surface area contributed by atoms with Crippen LogP contribution in [0.25, 0.3) is 6.08 Å². The molecule has 1 amide bonds. The number of aromatic nitrogens is 1. The summed E-state index contributed by atoms with van der Waals surface area (Å²) in [4.78, 5) is 18.9. The van der Waals surface area contributed by atoms with Gasteiger partial charge in [-0.2, -0.15) is 0 Å². The number of ether oxygens (including phenoxy) is 2. The number of nitrogens with zero attached hydrogens (tertiary/aromatic N) is 2. The lowest BCUT2D eigenvalue weighted by molar-refractivity contribution is -0.127. The molecule has 6 heteroatoms. The molecule has 1 aromatic heterocycles. The Morgan fingerprint density at radius 2 is 1.77 bits per heavy atom. The summed E-state index contributed by atoms with van der Waals surface area (Å²) in [5.41, 5.74) is 2.66. The minimum absolute atomic E-state index is 0.131. The molecular weight excluding hydrogens is 400 g/mol. The van der Waals surface area contributed by atoms with Crippen molar-refractivity contribution in [3.63, 3.8) is 0 Å². The highest BCUT2D eigenvalue weighted by molar-refractivity contribution is 6.32. The van der Waals surface area contributed by atoms with Crippen molar-refractivity contribution in [1.29, 1.82) is 0 Å². The van der Waals surface area contributed by atoms with E-state index >= 15 is 0 Å². The molecule has 0 spiro atoms. The maximum absolute atomic E-state index is 13.0. The van der Waals surface area contributed by atoms with Crippen molar-refractivity contribution in [2.75, 3.05) is 14.2 Å². The van der Waals surface area contributed by atoms with Gasteiger partial charge in [0, 0.05) is 36.6 Å². The van der Waals surface area contributed by atoms with Gasteiger partial charge in [-0.15, -0.1) is 0 Å². The zero-order chi connectivity index (χ0) is 21.3. The van der Waals surface area contributed by atoms with Crippen LogP contribution in [0.4, 0.5) is 0 Å². The number of pyridine rings is 1. The van der Waals surface area contributed by atoms with Gasteiger partial charge in [-0.25, -0.2) is 0 Å². The molecule has 0 aliphatic heterocycles. The van der Waals surface area contributed by atoms with Crippen LogP contribution in [0, 0.1) is 0 Å². The molecular formula is C24H23ClN2O3. The maximum Gasteiger partial charge on any atom is 0.247 e. The van der Waals surface area contributed by atoms with Crippen LogP contribution in [0.1, 0.15) is 16.7 Å². The first-order valence-electron chi connectivity index (χ1n) is 9.42. The van der Waals surface area contributed by atoms with E-state index in [1.54, 1.807) is 49.7 Å². The average Bonchev–Trinajstić information content (AvgIpc) is 2.78. The second-order valence-electron chi connectivity index (χ2n) is 6.60. The number of rotatable bonds is 8. The lowest BCUT2D eigenvalue weighted by atomic mass is 10.1. The van der Waals surface area contributed by atoms with E-state index in [-0.39, 0.29) is 5.91 Å². The highest BCUT2D eigenvalue weighted by Crippen LogP contribution is 2.28. The van der Waals surface area contributed by atoms with E-state index < -0.39 is 0 Å². The fourth-order valence-electron chi connectivity index (χ4n) is 3.00. The predicted octanol–water partition coefficient (Wildman–Crippen LogP) is 4.99. The summed E-state index contributed by atoms with van der Waals surface area (Å²) in [6.45, 7) is 0.828. The summed E-state index contributed by atoms with van der Waals surface area (Å²) in [6.07, 6.45) is 6.74. The van der Waals surface area contributed by atoms with Crippen LogP contribution in [0.2, 0.25) is 5.02 Å². The molecule has 0 atom stereocenters. The maximum atomic E-state index is 13.0. The van der Waals surface area contributed by atoms with Crippen LogP contribution >= 0.6 is 11.6 Å². The molecule has 0 radical (unpaired) electrons. The molecule has 30 heavy (non-hydrogen) atoms. The largest absolute Gasteiger partial charge is 0.493 e. The van der Waals surface area contributed by atoms with Crippen molar-refractivity contribution in [2.24, 2.45) is 0 Å². The lowest BCUT2D eigenvalue weighted by Gasteiger charge is -2.22. The van der Waals surface area contributed by atoms with Gasteiger partial charge in [0.1, 0.15) is 0 Å². The van der Waals surface area contributed by atoms with Crippen LogP contribution in [-0.4, -0.2) is 30.0 Å². The molecule has 0 aliphatic carbocycles. The van der Waals surface area contributed by atoms with Crippen molar-refractivity contribution < 1.29 is 14.3 Å². The Morgan fingerprint density at radius 3 is 2.47 bits per heavy atom. The third kappa shape index (κ3) is 5.61. The molecule has 0 fully saturated rings. The molecule has 154 valence electrons. The Bertz CT molecular complexity index is 1020. The van der Waals surface area contributed by atoms with Crippen LogP contribution in [-0.2, 0) is 17.9 Å². The molecule has 2 aromatic carbocycles. The summed E-state index contributed by atoms with van der Waals surface area (Å²) in [5.74, 6) is 1.13. The predicted molar refractivity (Wildman–Crippen MR) is 119 cm³/mol. The average molecular weight is 423 g/mol.